The van der Waals surface area contributed by atoms with E-state index < -0.39 is 30.1 Å². The number of aromatic nitrogens is 4. The van der Waals surface area contributed by atoms with Crippen LogP contribution in [0.5, 0.6) is 11.6 Å². The van der Waals surface area contributed by atoms with Crippen molar-refractivity contribution in [3.05, 3.63) is 125 Å². The van der Waals surface area contributed by atoms with Crippen LogP contribution in [0.4, 0.5) is 17.2 Å². The summed E-state index contributed by atoms with van der Waals surface area (Å²) in [5, 5.41) is 33.4. The molecule has 6 atom stereocenters. The normalized spacial score (nSPS) is 24.0. The van der Waals surface area contributed by atoms with Gasteiger partial charge in [0, 0.05) is 120 Å². The molecule has 6 aliphatic heterocycles. The summed E-state index contributed by atoms with van der Waals surface area (Å²) < 4.78 is 13.1. The Morgan fingerprint density at radius 2 is 1.57 bits per heavy atom. The number of nitrogens with one attached hydrogen (secondary N) is 1. The number of aryl methyl sites for hydroxylation is 1. The van der Waals surface area contributed by atoms with Crippen LogP contribution in [-0.2, 0) is 25.7 Å². The van der Waals surface area contributed by atoms with Crippen molar-refractivity contribution < 1.29 is 38.9 Å². The molecule has 0 spiro atoms. The van der Waals surface area contributed by atoms with E-state index in [1.165, 1.54) is 4.90 Å². The number of β-amino-alcohol motifs (C(OH)–C–C–N with tert-alkyl or cyclic N) is 1. The molecule has 2 unspecified atom stereocenters. The van der Waals surface area contributed by atoms with Gasteiger partial charge in [0.2, 0.25) is 23.6 Å². The molecular weight excluding hydrogens is 1140 g/mol. The van der Waals surface area contributed by atoms with E-state index in [-0.39, 0.29) is 73.1 Å². The summed E-state index contributed by atoms with van der Waals surface area (Å²) in [5.41, 5.74) is 15.5. The van der Waals surface area contributed by atoms with Gasteiger partial charge in [0.25, 0.3) is 5.91 Å². The van der Waals surface area contributed by atoms with Gasteiger partial charge in [0.05, 0.1) is 58.2 Å². The van der Waals surface area contributed by atoms with Gasteiger partial charge in [-0.2, -0.15) is 0 Å². The Bertz CT molecular complexity index is 3530. The number of piperidine rings is 2. The van der Waals surface area contributed by atoms with Gasteiger partial charge in [0.1, 0.15) is 23.9 Å². The number of fused-ring (bicyclic) bond motifs is 3. The van der Waals surface area contributed by atoms with Crippen molar-refractivity contribution in [1.29, 1.82) is 0 Å². The predicted molar refractivity (Wildman–Crippen MR) is 340 cm³/mol. The summed E-state index contributed by atoms with van der Waals surface area (Å²) in [6.07, 6.45) is 8.99. The number of carbonyl (C=O) groups excluding carboxylic acids is 4. The number of hydrogen-bond donors (Lipinski definition) is 4. The molecule has 89 heavy (non-hydrogen) atoms. The number of para-hydroxylation sites is 1. The number of rotatable bonds is 18. The second kappa shape index (κ2) is 26.0. The summed E-state index contributed by atoms with van der Waals surface area (Å²) >= 11 is 1.56. The SMILES string of the molecule is Cc1ncsc1-c1ccc([C@H](CC(=O)N2CCC(CN3CCC(O[C@H]4C[C@H](Oc5cc(N6CC7CCN(c8cc(-c9ccccc9O)nnc8N)CC6C7)ccn5)C4)CC3)CC2)NC(=O)[C@@H]2C[C@@H](O)CN2C(=O)[C@H](C(C)C)N2Cc3ccccc3C2=O)cc1. The molecule has 6 aromatic rings. The maximum atomic E-state index is 14.6. The topological polar surface area (TPSA) is 236 Å². The first kappa shape index (κ1) is 60.2. The largest absolute Gasteiger partial charge is 0.507 e. The van der Waals surface area contributed by atoms with Crippen LogP contribution < -0.4 is 25.6 Å². The Labute approximate surface area is 524 Å². The summed E-state index contributed by atoms with van der Waals surface area (Å²) in [7, 11) is 0. The molecule has 13 rings (SSSR count). The number of hydrogen-bond acceptors (Lipinski definition) is 17. The number of thiazole rings is 1. The van der Waals surface area contributed by atoms with E-state index in [9.17, 15) is 29.4 Å². The summed E-state index contributed by atoms with van der Waals surface area (Å²) in [6.45, 7) is 12.9. The number of anilines is 3. The molecule has 0 radical (unpaired) electrons. The molecule has 3 aromatic heterocycles. The molecule has 4 amide bonds. The number of benzene rings is 3. The number of carbonyl (C=O) groups is 4. The standard InChI is InChI=1S/C68H82N12O8S/c1-41(2)63(80-37-47-8-4-5-9-54(47)67(80)85)68(86)79-39-50(81)30-59(79)66(84)72-56(45-12-14-46(15-13-45)64-42(3)71-40-89-64)34-62(83)76-25-17-43(18-26-76)35-75-23-20-51(21-24-75)87-52-31-53(32-52)88-61-29-48(16-22-70-61)78-36-44-19-27-77(38-49(78)28-44)58-33-57(73-74-65(58)69)55-10-6-7-11-60(55)82/h4-16,22,29,33,40-41,43-44,49-53,56,59,63,81-82H,17-21,23-28,30-32,34-39H2,1-3H3,(H2,69,74)(H,72,84)/t44?,49?,50-,52-,53-,56+,59+,63+/m1/s1. The number of nitrogens with two attached hydrogens (primary N) is 1. The minimum Gasteiger partial charge on any atom is -0.507 e. The highest BCUT2D eigenvalue weighted by Crippen LogP contribution is 2.40. The highest BCUT2D eigenvalue weighted by Gasteiger charge is 2.47. The van der Waals surface area contributed by atoms with E-state index in [2.05, 4.69) is 52.3 Å². The van der Waals surface area contributed by atoms with Gasteiger partial charge in [-0.3, -0.25) is 19.2 Å². The third-order valence-corrected chi connectivity index (χ3v) is 20.8. The van der Waals surface area contributed by atoms with E-state index in [0.717, 1.165) is 129 Å². The molecule has 9 heterocycles. The van der Waals surface area contributed by atoms with Crippen molar-refractivity contribution >= 4 is 52.2 Å². The number of aliphatic hydroxyl groups excluding tert-OH is 1. The van der Waals surface area contributed by atoms with E-state index >= 15 is 0 Å². The minimum absolute atomic E-state index is 0.0333. The van der Waals surface area contributed by atoms with Crippen LogP contribution >= 0.6 is 11.3 Å². The Kier molecular flexibility index (Phi) is 17.6. The molecule has 2 bridgehead atoms. The number of phenolic OH excluding ortho intramolecular Hbond substituents is 1. The number of aliphatic hydroxyl groups is 1. The van der Waals surface area contributed by atoms with Gasteiger partial charge in [0.15, 0.2) is 5.82 Å². The summed E-state index contributed by atoms with van der Waals surface area (Å²) in [5.74, 6) is 0.848. The van der Waals surface area contributed by atoms with Gasteiger partial charge in [-0.25, -0.2) is 9.97 Å². The van der Waals surface area contributed by atoms with Crippen molar-refractivity contribution in [3.63, 3.8) is 0 Å². The van der Waals surface area contributed by atoms with Crippen LogP contribution in [0, 0.1) is 24.7 Å². The quantitative estimate of drug-likeness (QED) is 0.0640. The van der Waals surface area contributed by atoms with Crippen LogP contribution in [0.1, 0.15) is 111 Å². The molecule has 3 aromatic carbocycles. The lowest BCUT2D eigenvalue weighted by Gasteiger charge is -2.41. The highest BCUT2D eigenvalue weighted by atomic mass is 32.1. The lowest BCUT2D eigenvalue weighted by molar-refractivity contribution is -0.144. The van der Waals surface area contributed by atoms with Crippen molar-refractivity contribution in [3.8, 4) is 33.3 Å². The third kappa shape index (κ3) is 13.0. The van der Waals surface area contributed by atoms with Crippen molar-refractivity contribution in [1.82, 2.24) is 45.1 Å². The van der Waals surface area contributed by atoms with Crippen molar-refractivity contribution in [2.45, 2.75) is 140 Å². The number of pyridine rings is 1. The van der Waals surface area contributed by atoms with Gasteiger partial charge in [-0.15, -0.1) is 21.5 Å². The predicted octanol–water partition coefficient (Wildman–Crippen LogP) is 7.88. The summed E-state index contributed by atoms with van der Waals surface area (Å²) in [4.78, 5) is 79.7. The number of nitrogens with zero attached hydrogens (tertiary/aromatic N) is 10. The van der Waals surface area contributed by atoms with Crippen molar-refractivity contribution in [2.24, 2.45) is 17.8 Å². The van der Waals surface area contributed by atoms with Gasteiger partial charge < -0.3 is 60.1 Å². The van der Waals surface area contributed by atoms with Crippen molar-refractivity contribution in [2.75, 3.05) is 74.4 Å². The first-order valence-corrected chi connectivity index (χ1v) is 32.9. The molecule has 7 aliphatic rings. The molecule has 5 saturated heterocycles. The maximum Gasteiger partial charge on any atom is 0.255 e. The fraction of sp³-hybridized carbons (Fsp3) is 0.500. The Balaban J connectivity index is 0.567. The van der Waals surface area contributed by atoms with Crippen LogP contribution in [0.2, 0.25) is 0 Å². The van der Waals surface area contributed by atoms with E-state index in [1.54, 1.807) is 34.4 Å². The van der Waals surface area contributed by atoms with Gasteiger partial charge >= 0.3 is 0 Å². The zero-order chi connectivity index (χ0) is 61.4. The zero-order valence-corrected chi connectivity index (χ0v) is 51.9. The number of amides is 4. The summed E-state index contributed by atoms with van der Waals surface area (Å²) in [6, 6.07) is 26.3. The minimum atomic E-state index is -0.990. The fourth-order valence-electron chi connectivity index (χ4n) is 14.9. The second-order valence-electron chi connectivity index (χ2n) is 26.1. The number of aromatic hydroxyl groups is 1. The average molecular weight is 1230 g/mol. The molecule has 1 aliphatic carbocycles. The Morgan fingerprint density at radius 3 is 2.31 bits per heavy atom. The molecule has 5 N–H and O–H groups in total. The van der Waals surface area contributed by atoms with E-state index in [0.29, 0.717) is 60.0 Å². The Morgan fingerprint density at radius 1 is 0.809 bits per heavy atom. The molecule has 21 heteroatoms. The number of nitrogen functional groups attached to an aromatic ring is 1. The van der Waals surface area contributed by atoms with Gasteiger partial charge in [-0.05, 0) is 110 Å². The Hall–Kier alpha value is -7.72. The highest BCUT2D eigenvalue weighted by molar-refractivity contribution is 7.13. The lowest BCUT2D eigenvalue weighted by atomic mass is 9.91. The zero-order valence-electron chi connectivity index (χ0n) is 51.1. The molecule has 20 nitrogen and oxygen atoms in total. The average Bonchev–Trinajstić information content (AvgIpc) is 4.41. The smallest absolute Gasteiger partial charge is 0.255 e. The molecule has 468 valence electrons. The first-order valence-electron chi connectivity index (χ1n) is 32.1. The van der Waals surface area contributed by atoms with Crippen LogP contribution in [0.3, 0.4) is 0 Å². The number of ether oxygens (including phenoxy) is 2. The van der Waals surface area contributed by atoms with Crippen LogP contribution in [-0.4, -0.2) is 175 Å². The van der Waals surface area contributed by atoms with Crippen LogP contribution in [0.15, 0.2) is 103 Å². The van der Waals surface area contributed by atoms with E-state index in [1.807, 2.05) is 98.0 Å². The monoisotopic (exact) mass is 1230 g/mol. The lowest BCUT2D eigenvalue weighted by Crippen LogP contribution is -2.55. The van der Waals surface area contributed by atoms with Gasteiger partial charge in [-0.1, -0.05) is 68.4 Å². The maximum absolute atomic E-state index is 14.6. The van der Waals surface area contributed by atoms with E-state index in [4.69, 9.17) is 15.2 Å². The molecular formula is C68H82N12O8S. The van der Waals surface area contributed by atoms with Crippen LogP contribution in [0.25, 0.3) is 21.7 Å². The first-order chi connectivity index (χ1) is 43.2. The molecule has 6 fully saturated rings. The number of likely N-dealkylation sites (tertiary alicyclic amines) is 3. The fourth-order valence-corrected chi connectivity index (χ4v) is 15.7. The molecule has 1 saturated carbocycles. The third-order valence-electron chi connectivity index (χ3n) is 19.8. The second-order valence-corrected chi connectivity index (χ2v) is 27.0. The number of phenols is 1.